The molecule has 1 N–H and O–H groups in total. The van der Waals surface area contributed by atoms with Crippen LogP contribution in [0.15, 0.2) is 24.3 Å². The van der Waals surface area contributed by atoms with Crippen molar-refractivity contribution >= 4 is 0 Å². The number of rotatable bonds is 1. The van der Waals surface area contributed by atoms with Crippen LogP contribution < -0.4 is 0 Å². The predicted octanol–water partition coefficient (Wildman–Crippen LogP) is 1.92. The highest BCUT2D eigenvalue weighted by Crippen LogP contribution is 2.31. The molecule has 2 aliphatic rings. The van der Waals surface area contributed by atoms with Crippen LogP contribution in [0.4, 0.5) is 0 Å². The number of nitrogens with zero attached hydrogens (tertiary/aromatic N) is 1. The lowest BCUT2D eigenvalue weighted by atomic mass is 10.1. The van der Waals surface area contributed by atoms with Gasteiger partial charge in [0.25, 0.3) is 0 Å². The third kappa shape index (κ3) is 1.68. The highest BCUT2D eigenvalue weighted by molar-refractivity contribution is 5.30. The molecule has 2 atom stereocenters. The lowest BCUT2D eigenvalue weighted by Crippen LogP contribution is -2.28. The molecule has 1 aliphatic carbocycles. The van der Waals surface area contributed by atoms with Crippen LogP contribution >= 0.6 is 0 Å². The Morgan fingerprint density at radius 3 is 2.27 bits per heavy atom. The Labute approximate surface area is 90.5 Å². The van der Waals surface area contributed by atoms with E-state index in [-0.39, 0.29) is 6.10 Å². The van der Waals surface area contributed by atoms with Crippen LogP contribution in [-0.4, -0.2) is 22.2 Å². The van der Waals surface area contributed by atoms with Gasteiger partial charge in [0.2, 0.25) is 0 Å². The number of aliphatic hydroxyl groups excluding tert-OH is 1. The second-order valence-corrected chi connectivity index (χ2v) is 4.79. The van der Waals surface area contributed by atoms with Crippen molar-refractivity contribution in [1.29, 1.82) is 0 Å². The number of aliphatic hydroxyl groups is 1. The normalized spacial score (nSPS) is 30.7. The average Bonchev–Trinajstić information content (AvgIpc) is 2.82. The highest BCUT2D eigenvalue weighted by atomic mass is 16.3. The SMILES string of the molecule is OC1CCC(N2Cc3ccccc3C2)C1. The number of benzene rings is 1. The van der Waals surface area contributed by atoms with Crippen LogP contribution in [0.1, 0.15) is 30.4 Å². The van der Waals surface area contributed by atoms with Gasteiger partial charge >= 0.3 is 0 Å². The van der Waals surface area contributed by atoms with Crippen molar-refractivity contribution in [3.8, 4) is 0 Å². The molecule has 0 aromatic heterocycles. The average molecular weight is 203 g/mol. The minimum Gasteiger partial charge on any atom is -0.393 e. The Bertz CT molecular complexity index is 338. The molecule has 2 heteroatoms. The van der Waals surface area contributed by atoms with Crippen LogP contribution in [-0.2, 0) is 13.1 Å². The van der Waals surface area contributed by atoms with Crippen molar-refractivity contribution in [3.05, 3.63) is 35.4 Å². The largest absolute Gasteiger partial charge is 0.393 e. The van der Waals surface area contributed by atoms with Crippen molar-refractivity contribution in [2.75, 3.05) is 0 Å². The van der Waals surface area contributed by atoms with Crippen LogP contribution in [0.2, 0.25) is 0 Å². The third-order valence-corrected chi connectivity index (χ3v) is 3.76. The summed E-state index contributed by atoms with van der Waals surface area (Å²) in [6.45, 7) is 2.15. The Hall–Kier alpha value is -0.860. The first kappa shape index (κ1) is 9.37. The molecule has 1 aromatic rings. The molecule has 15 heavy (non-hydrogen) atoms. The minimum absolute atomic E-state index is 0.0567. The van der Waals surface area contributed by atoms with Crippen molar-refractivity contribution < 1.29 is 5.11 Å². The van der Waals surface area contributed by atoms with E-state index in [9.17, 15) is 5.11 Å². The summed E-state index contributed by atoms with van der Waals surface area (Å²) in [6, 6.07) is 9.28. The van der Waals surface area contributed by atoms with Crippen LogP contribution in [0.3, 0.4) is 0 Å². The van der Waals surface area contributed by atoms with E-state index in [0.29, 0.717) is 6.04 Å². The molecule has 2 unspecified atom stereocenters. The standard InChI is InChI=1S/C13H17NO/c15-13-6-5-12(7-13)14-8-10-3-1-2-4-11(10)9-14/h1-4,12-13,15H,5-9H2. The first-order valence-electron chi connectivity index (χ1n) is 5.82. The van der Waals surface area contributed by atoms with Gasteiger partial charge in [-0.2, -0.15) is 0 Å². The Balaban J connectivity index is 1.73. The van der Waals surface area contributed by atoms with Crippen molar-refractivity contribution in [1.82, 2.24) is 4.90 Å². The van der Waals surface area contributed by atoms with Crippen LogP contribution in [0, 0.1) is 0 Å². The smallest absolute Gasteiger partial charge is 0.0555 e. The van der Waals surface area contributed by atoms with Gasteiger partial charge in [0.15, 0.2) is 0 Å². The van der Waals surface area contributed by atoms with Gasteiger partial charge in [-0.25, -0.2) is 0 Å². The first-order chi connectivity index (χ1) is 7.33. The lowest BCUT2D eigenvalue weighted by molar-refractivity contribution is 0.150. The van der Waals surface area contributed by atoms with Gasteiger partial charge in [0.05, 0.1) is 6.10 Å². The van der Waals surface area contributed by atoms with Gasteiger partial charge < -0.3 is 5.11 Å². The summed E-state index contributed by atoms with van der Waals surface area (Å²) >= 11 is 0. The molecule has 1 heterocycles. The van der Waals surface area contributed by atoms with Crippen LogP contribution in [0.5, 0.6) is 0 Å². The highest BCUT2D eigenvalue weighted by Gasteiger charge is 2.31. The monoisotopic (exact) mass is 203 g/mol. The van der Waals surface area contributed by atoms with E-state index < -0.39 is 0 Å². The Kier molecular flexibility index (Phi) is 2.26. The topological polar surface area (TPSA) is 23.5 Å². The van der Waals surface area contributed by atoms with Gasteiger partial charge in [0, 0.05) is 19.1 Å². The van der Waals surface area contributed by atoms with Crippen molar-refractivity contribution in [2.45, 2.75) is 44.5 Å². The fraction of sp³-hybridized carbons (Fsp3) is 0.538. The van der Waals surface area contributed by atoms with Gasteiger partial charge in [-0.05, 0) is 30.4 Å². The minimum atomic E-state index is -0.0567. The lowest BCUT2D eigenvalue weighted by Gasteiger charge is -2.22. The zero-order chi connectivity index (χ0) is 10.3. The van der Waals surface area contributed by atoms with Gasteiger partial charge in [-0.1, -0.05) is 24.3 Å². The maximum absolute atomic E-state index is 9.55. The van der Waals surface area contributed by atoms with E-state index in [2.05, 4.69) is 29.2 Å². The summed E-state index contributed by atoms with van der Waals surface area (Å²) in [5.74, 6) is 0. The maximum atomic E-state index is 9.55. The molecule has 0 bridgehead atoms. The summed E-state index contributed by atoms with van der Waals surface area (Å²) < 4.78 is 0. The number of hydrogen-bond acceptors (Lipinski definition) is 2. The van der Waals surface area contributed by atoms with Gasteiger partial charge in [0.1, 0.15) is 0 Å². The fourth-order valence-electron chi connectivity index (χ4n) is 2.88. The summed E-state index contributed by atoms with van der Waals surface area (Å²) in [4.78, 5) is 2.51. The fourth-order valence-corrected chi connectivity index (χ4v) is 2.88. The second-order valence-electron chi connectivity index (χ2n) is 4.79. The molecule has 1 aliphatic heterocycles. The Morgan fingerprint density at radius 2 is 1.73 bits per heavy atom. The van der Waals surface area contributed by atoms with E-state index in [1.165, 1.54) is 11.1 Å². The summed E-state index contributed by atoms with van der Waals surface area (Å²) in [7, 11) is 0. The van der Waals surface area contributed by atoms with Crippen LogP contribution in [0.25, 0.3) is 0 Å². The molecular weight excluding hydrogens is 186 g/mol. The summed E-state index contributed by atoms with van der Waals surface area (Å²) in [6.07, 6.45) is 3.06. The maximum Gasteiger partial charge on any atom is 0.0555 e. The second kappa shape index (κ2) is 3.62. The molecule has 80 valence electrons. The van der Waals surface area contributed by atoms with Crippen molar-refractivity contribution in [2.24, 2.45) is 0 Å². The zero-order valence-electron chi connectivity index (χ0n) is 8.89. The number of fused-ring (bicyclic) bond motifs is 1. The van der Waals surface area contributed by atoms with Crippen molar-refractivity contribution in [3.63, 3.8) is 0 Å². The zero-order valence-corrected chi connectivity index (χ0v) is 8.89. The molecule has 1 aromatic carbocycles. The van der Waals surface area contributed by atoms with Gasteiger partial charge in [-0.15, -0.1) is 0 Å². The van der Waals surface area contributed by atoms with E-state index in [1.807, 2.05) is 0 Å². The quantitative estimate of drug-likeness (QED) is 0.753. The molecule has 0 saturated heterocycles. The molecule has 2 nitrogen and oxygen atoms in total. The van der Waals surface area contributed by atoms with E-state index in [0.717, 1.165) is 32.4 Å². The molecule has 0 amide bonds. The van der Waals surface area contributed by atoms with E-state index >= 15 is 0 Å². The molecule has 0 spiro atoms. The molecule has 3 rings (SSSR count). The first-order valence-corrected chi connectivity index (χ1v) is 5.82. The predicted molar refractivity (Wildman–Crippen MR) is 59.3 cm³/mol. The molecular formula is C13H17NO. The van der Waals surface area contributed by atoms with Gasteiger partial charge in [-0.3, -0.25) is 4.90 Å². The third-order valence-electron chi connectivity index (χ3n) is 3.76. The summed E-state index contributed by atoms with van der Waals surface area (Å²) in [5.41, 5.74) is 2.94. The molecule has 1 fully saturated rings. The van der Waals surface area contributed by atoms with E-state index in [4.69, 9.17) is 0 Å². The Morgan fingerprint density at radius 1 is 1.07 bits per heavy atom. The molecule has 0 radical (unpaired) electrons. The number of hydrogen-bond donors (Lipinski definition) is 1. The molecule has 1 saturated carbocycles. The van der Waals surface area contributed by atoms with E-state index in [1.54, 1.807) is 0 Å². The summed E-state index contributed by atoms with van der Waals surface area (Å²) in [5, 5.41) is 9.55.